The van der Waals surface area contributed by atoms with Crippen LogP contribution in [0.4, 0.5) is 0 Å². The largest absolute Gasteiger partial charge is 0.508 e. The molecule has 0 aliphatic rings. The molecule has 1 heterocycles. The molecule has 0 spiro atoms. The summed E-state index contributed by atoms with van der Waals surface area (Å²) in [7, 11) is 0. The van der Waals surface area contributed by atoms with Crippen LogP contribution in [0.1, 0.15) is 0 Å². The van der Waals surface area contributed by atoms with E-state index in [1.807, 2.05) is 0 Å². The van der Waals surface area contributed by atoms with E-state index in [4.69, 9.17) is 8.97 Å². The zero-order valence-corrected chi connectivity index (χ0v) is 10.7. The minimum Gasteiger partial charge on any atom is -0.508 e. The fourth-order valence-electron chi connectivity index (χ4n) is 2.03. The van der Waals surface area contributed by atoms with Gasteiger partial charge in [0.05, 0.1) is 5.39 Å². The van der Waals surface area contributed by atoms with E-state index < -0.39 is 17.0 Å². The van der Waals surface area contributed by atoms with Crippen LogP contribution in [0.2, 0.25) is 0 Å². The van der Waals surface area contributed by atoms with E-state index >= 15 is 0 Å². The highest BCUT2D eigenvalue weighted by atomic mass is 32.2. The van der Waals surface area contributed by atoms with E-state index in [-0.39, 0.29) is 22.5 Å². The summed E-state index contributed by atoms with van der Waals surface area (Å²) in [6.07, 6.45) is 0. The molecular formula is C13H8O6S. The first-order chi connectivity index (χ1) is 9.54. The van der Waals surface area contributed by atoms with Gasteiger partial charge in [-0.3, -0.25) is 4.55 Å². The average molecular weight is 292 g/mol. The van der Waals surface area contributed by atoms with Crippen LogP contribution in [0.5, 0.6) is 11.5 Å². The first kappa shape index (κ1) is 12.6. The molecule has 1 atom stereocenters. The van der Waals surface area contributed by atoms with Gasteiger partial charge in [-0.1, -0.05) is 0 Å². The Labute approximate surface area is 114 Å². The van der Waals surface area contributed by atoms with Crippen LogP contribution in [0, 0.1) is 0 Å². The molecule has 1 aromatic heterocycles. The van der Waals surface area contributed by atoms with Gasteiger partial charge in [-0.25, -0.2) is 4.79 Å². The van der Waals surface area contributed by atoms with E-state index in [2.05, 4.69) is 4.18 Å². The summed E-state index contributed by atoms with van der Waals surface area (Å²) >= 11 is -2.45. The summed E-state index contributed by atoms with van der Waals surface area (Å²) in [5.74, 6) is 0.0828. The minimum atomic E-state index is -2.45. The van der Waals surface area contributed by atoms with E-state index in [1.165, 1.54) is 24.3 Å². The average Bonchev–Trinajstić information content (AvgIpc) is 2.38. The lowest BCUT2D eigenvalue weighted by Crippen LogP contribution is -2.01. The molecule has 0 amide bonds. The van der Waals surface area contributed by atoms with Crippen molar-refractivity contribution in [3.63, 3.8) is 0 Å². The molecule has 0 saturated carbocycles. The number of hydrogen-bond acceptors (Lipinski definition) is 5. The first-order valence-electron chi connectivity index (χ1n) is 5.53. The molecule has 20 heavy (non-hydrogen) atoms. The van der Waals surface area contributed by atoms with Crippen LogP contribution in [-0.2, 0) is 11.4 Å². The lowest BCUT2D eigenvalue weighted by Gasteiger charge is -2.05. The minimum absolute atomic E-state index is 0.0280. The summed E-state index contributed by atoms with van der Waals surface area (Å²) < 4.78 is 29.0. The molecule has 6 nitrogen and oxygen atoms in total. The van der Waals surface area contributed by atoms with Gasteiger partial charge < -0.3 is 13.7 Å². The standard InChI is InChI=1S/C13H8O6S/c14-7-1-3-9-10-4-2-8(19-20(16)17)6-12(10)18-13(15)11(9)5-7/h1-6,14H,(H,16,17). The van der Waals surface area contributed by atoms with Crippen molar-refractivity contribution in [3.05, 3.63) is 46.8 Å². The van der Waals surface area contributed by atoms with Gasteiger partial charge in [0, 0.05) is 16.8 Å². The molecule has 0 saturated heterocycles. The zero-order valence-electron chi connectivity index (χ0n) is 9.90. The van der Waals surface area contributed by atoms with Crippen molar-refractivity contribution >= 4 is 33.1 Å². The third-order valence-electron chi connectivity index (χ3n) is 2.84. The van der Waals surface area contributed by atoms with Gasteiger partial charge in [0.15, 0.2) is 0 Å². The summed E-state index contributed by atoms with van der Waals surface area (Å²) in [4.78, 5) is 11.9. The number of benzene rings is 2. The number of aromatic hydroxyl groups is 1. The quantitative estimate of drug-likeness (QED) is 0.427. The summed E-state index contributed by atoms with van der Waals surface area (Å²) in [6, 6.07) is 8.86. The smallest absolute Gasteiger partial charge is 0.357 e. The van der Waals surface area contributed by atoms with Crippen molar-refractivity contribution in [2.24, 2.45) is 0 Å². The second kappa shape index (κ2) is 4.62. The van der Waals surface area contributed by atoms with Crippen LogP contribution >= 0.6 is 0 Å². The summed E-state index contributed by atoms with van der Waals surface area (Å²) in [5.41, 5.74) is -0.373. The molecule has 7 heteroatoms. The molecule has 0 bridgehead atoms. The van der Waals surface area contributed by atoms with Crippen molar-refractivity contribution in [1.82, 2.24) is 0 Å². The maximum absolute atomic E-state index is 11.9. The van der Waals surface area contributed by atoms with Crippen molar-refractivity contribution < 1.29 is 22.5 Å². The normalized spacial score (nSPS) is 12.7. The van der Waals surface area contributed by atoms with E-state index in [1.54, 1.807) is 12.1 Å². The van der Waals surface area contributed by atoms with Gasteiger partial charge in [-0.05, 0) is 30.3 Å². The zero-order chi connectivity index (χ0) is 14.3. The van der Waals surface area contributed by atoms with E-state index in [9.17, 15) is 14.1 Å². The number of phenols is 1. The highest BCUT2D eigenvalue weighted by molar-refractivity contribution is 7.74. The third kappa shape index (κ3) is 2.13. The van der Waals surface area contributed by atoms with Crippen molar-refractivity contribution in [3.8, 4) is 11.5 Å². The fourth-order valence-corrected chi connectivity index (χ4v) is 2.30. The fraction of sp³-hybridized carbons (Fsp3) is 0. The predicted molar refractivity (Wildman–Crippen MR) is 73.1 cm³/mol. The molecule has 0 aliphatic heterocycles. The molecule has 0 fully saturated rings. The molecule has 0 radical (unpaired) electrons. The molecule has 3 aromatic rings. The lowest BCUT2D eigenvalue weighted by molar-refractivity contribution is 0.457. The Balaban J connectivity index is 2.33. The van der Waals surface area contributed by atoms with E-state index in [0.29, 0.717) is 10.8 Å². The van der Waals surface area contributed by atoms with E-state index in [0.717, 1.165) is 0 Å². The number of rotatable bonds is 2. The summed E-state index contributed by atoms with van der Waals surface area (Å²) in [6.45, 7) is 0. The highest BCUT2D eigenvalue weighted by Gasteiger charge is 2.10. The SMILES string of the molecule is O=c1oc2cc(OS(=O)O)ccc2c2ccc(O)cc12. The van der Waals surface area contributed by atoms with Crippen molar-refractivity contribution in [1.29, 1.82) is 0 Å². The molecule has 102 valence electrons. The Bertz CT molecular complexity index is 898. The van der Waals surface area contributed by atoms with Crippen molar-refractivity contribution in [2.75, 3.05) is 0 Å². The van der Waals surface area contributed by atoms with Crippen LogP contribution < -0.4 is 9.81 Å². The number of fused-ring (bicyclic) bond motifs is 3. The van der Waals surface area contributed by atoms with Crippen LogP contribution in [0.15, 0.2) is 45.6 Å². The van der Waals surface area contributed by atoms with Gasteiger partial charge in [-0.2, -0.15) is 4.21 Å². The predicted octanol–water partition coefficient (Wildman–Crippen LogP) is 2.17. The molecule has 0 aliphatic carbocycles. The van der Waals surface area contributed by atoms with Gasteiger partial charge in [0.1, 0.15) is 17.1 Å². The topological polar surface area (TPSA) is 97.0 Å². The second-order valence-corrected chi connectivity index (χ2v) is 4.68. The molecular weight excluding hydrogens is 284 g/mol. The van der Waals surface area contributed by atoms with Crippen LogP contribution in [-0.4, -0.2) is 13.9 Å². The Hall–Kier alpha value is -2.38. The molecule has 3 rings (SSSR count). The number of phenolic OH excluding ortho intramolecular Hbond substituents is 1. The van der Waals surface area contributed by atoms with Gasteiger partial charge >= 0.3 is 17.0 Å². The first-order valence-corrected chi connectivity index (χ1v) is 6.56. The van der Waals surface area contributed by atoms with Crippen LogP contribution in [0.3, 0.4) is 0 Å². The highest BCUT2D eigenvalue weighted by Crippen LogP contribution is 2.28. The maximum Gasteiger partial charge on any atom is 0.357 e. The van der Waals surface area contributed by atoms with Gasteiger partial charge in [0.25, 0.3) is 0 Å². The Morgan fingerprint density at radius 2 is 1.80 bits per heavy atom. The molecule has 1 unspecified atom stereocenters. The molecule has 2 N–H and O–H groups in total. The third-order valence-corrected chi connectivity index (χ3v) is 3.17. The monoisotopic (exact) mass is 292 g/mol. The summed E-state index contributed by atoms with van der Waals surface area (Å²) in [5, 5.41) is 10.9. The Morgan fingerprint density at radius 3 is 2.55 bits per heavy atom. The second-order valence-electron chi connectivity index (χ2n) is 4.08. The van der Waals surface area contributed by atoms with Crippen molar-refractivity contribution in [2.45, 2.75) is 0 Å². The Morgan fingerprint density at radius 1 is 1.05 bits per heavy atom. The van der Waals surface area contributed by atoms with Crippen LogP contribution in [0.25, 0.3) is 21.7 Å². The maximum atomic E-state index is 11.9. The van der Waals surface area contributed by atoms with Gasteiger partial charge in [-0.15, -0.1) is 0 Å². The molecule has 2 aromatic carbocycles. The number of hydrogen-bond donors (Lipinski definition) is 2. The lowest BCUT2D eigenvalue weighted by atomic mass is 10.1. The Kier molecular flexibility index (Phi) is 2.92. The van der Waals surface area contributed by atoms with Gasteiger partial charge in [0.2, 0.25) is 0 Å².